The van der Waals surface area contributed by atoms with Crippen molar-refractivity contribution in [3.63, 3.8) is 0 Å². The van der Waals surface area contributed by atoms with Crippen LogP contribution in [0, 0.1) is 0 Å². The molecule has 0 aromatic heterocycles. The molecule has 2 rings (SSSR count). The van der Waals surface area contributed by atoms with Gasteiger partial charge in [0.25, 0.3) is 0 Å². The van der Waals surface area contributed by atoms with Crippen molar-refractivity contribution < 1.29 is 14.7 Å². The zero-order chi connectivity index (χ0) is 13.2. The molecule has 2 N–H and O–H groups in total. The summed E-state index contributed by atoms with van der Waals surface area (Å²) in [6.07, 6.45) is 1.96. The molecular formula is C12H21N3O3. The molecule has 1 saturated heterocycles. The summed E-state index contributed by atoms with van der Waals surface area (Å²) in [6, 6.07) is -0.229. The third-order valence-electron chi connectivity index (χ3n) is 4.07. The number of carboxylic acid groups (broad SMARTS) is 1. The maximum absolute atomic E-state index is 12.0. The normalized spacial score (nSPS) is 23.3. The van der Waals surface area contributed by atoms with E-state index in [1.807, 2.05) is 0 Å². The number of nitrogens with one attached hydrogen (secondary N) is 1. The number of amides is 2. The van der Waals surface area contributed by atoms with Gasteiger partial charge in [-0.05, 0) is 25.8 Å². The third-order valence-corrected chi connectivity index (χ3v) is 4.07. The maximum Gasteiger partial charge on any atom is 0.329 e. The number of carbonyl (C=O) groups excluding carboxylic acids is 1. The Bertz CT molecular complexity index is 333. The Labute approximate surface area is 107 Å². The second-order valence-corrected chi connectivity index (χ2v) is 5.09. The largest absolute Gasteiger partial charge is 0.480 e. The van der Waals surface area contributed by atoms with Crippen LogP contribution in [0.15, 0.2) is 0 Å². The summed E-state index contributed by atoms with van der Waals surface area (Å²) in [5.74, 6) is -0.908. The van der Waals surface area contributed by atoms with Crippen molar-refractivity contribution in [3.8, 4) is 0 Å². The first kappa shape index (κ1) is 13.1. The zero-order valence-electron chi connectivity index (χ0n) is 10.8. The number of rotatable bonds is 3. The number of hydrogen-bond donors (Lipinski definition) is 2. The smallest absolute Gasteiger partial charge is 0.329 e. The molecule has 6 heteroatoms. The highest BCUT2D eigenvalue weighted by atomic mass is 16.4. The van der Waals surface area contributed by atoms with Crippen LogP contribution in [0.5, 0.6) is 0 Å². The highest BCUT2D eigenvalue weighted by molar-refractivity contribution is 5.87. The highest BCUT2D eigenvalue weighted by Crippen LogP contribution is 2.32. The van der Waals surface area contributed by atoms with Gasteiger partial charge in [-0.3, -0.25) is 0 Å². The lowest BCUT2D eigenvalue weighted by atomic mass is 9.77. The lowest BCUT2D eigenvalue weighted by Gasteiger charge is -2.41. The van der Waals surface area contributed by atoms with E-state index in [0.717, 1.165) is 26.1 Å². The van der Waals surface area contributed by atoms with Gasteiger partial charge in [0.1, 0.15) is 5.54 Å². The minimum atomic E-state index is -1.00. The second-order valence-electron chi connectivity index (χ2n) is 5.09. The van der Waals surface area contributed by atoms with Crippen LogP contribution in [-0.4, -0.2) is 65.2 Å². The average molecular weight is 255 g/mol. The molecule has 2 fully saturated rings. The molecule has 0 bridgehead atoms. The molecule has 0 atom stereocenters. The van der Waals surface area contributed by atoms with Gasteiger partial charge in [-0.25, -0.2) is 9.59 Å². The third kappa shape index (κ3) is 2.43. The van der Waals surface area contributed by atoms with Crippen molar-refractivity contribution in [3.05, 3.63) is 0 Å². The molecule has 0 spiro atoms. The predicted octanol–water partition coefficient (Wildman–Crippen LogP) is 0.341. The van der Waals surface area contributed by atoms with E-state index in [0.29, 0.717) is 25.9 Å². The van der Waals surface area contributed by atoms with Crippen LogP contribution >= 0.6 is 0 Å². The summed E-state index contributed by atoms with van der Waals surface area (Å²) in [7, 11) is 0. The summed E-state index contributed by atoms with van der Waals surface area (Å²) in [5.41, 5.74) is -1.00. The van der Waals surface area contributed by atoms with E-state index in [1.165, 1.54) is 0 Å². The van der Waals surface area contributed by atoms with Gasteiger partial charge in [-0.2, -0.15) is 0 Å². The van der Waals surface area contributed by atoms with Gasteiger partial charge < -0.3 is 20.2 Å². The molecule has 1 saturated carbocycles. The Kier molecular flexibility index (Phi) is 3.75. The Morgan fingerprint density at radius 3 is 2.22 bits per heavy atom. The van der Waals surface area contributed by atoms with Crippen molar-refractivity contribution in [2.24, 2.45) is 0 Å². The van der Waals surface area contributed by atoms with E-state index in [-0.39, 0.29) is 6.03 Å². The number of nitrogens with zero attached hydrogens (tertiary/aromatic N) is 2. The van der Waals surface area contributed by atoms with Gasteiger partial charge in [0.15, 0.2) is 0 Å². The SMILES string of the molecule is CCN1CCN(C(=O)NC2(C(=O)O)CCC2)CC1. The fourth-order valence-electron chi connectivity index (χ4n) is 2.47. The summed E-state index contributed by atoms with van der Waals surface area (Å²) in [6.45, 7) is 6.18. The molecule has 0 aromatic carbocycles. The Balaban J connectivity index is 1.87. The average Bonchev–Trinajstić information content (AvgIpc) is 2.33. The Morgan fingerprint density at radius 2 is 1.83 bits per heavy atom. The number of hydrogen-bond acceptors (Lipinski definition) is 3. The lowest BCUT2D eigenvalue weighted by molar-refractivity contribution is -0.148. The Hall–Kier alpha value is -1.30. The number of piperazine rings is 1. The summed E-state index contributed by atoms with van der Waals surface area (Å²) in [4.78, 5) is 27.2. The van der Waals surface area contributed by atoms with E-state index in [2.05, 4.69) is 17.1 Å². The van der Waals surface area contributed by atoms with Crippen LogP contribution in [0.25, 0.3) is 0 Å². The number of urea groups is 1. The number of carboxylic acids is 1. The molecule has 2 amide bonds. The van der Waals surface area contributed by atoms with Gasteiger partial charge in [0, 0.05) is 26.2 Å². The van der Waals surface area contributed by atoms with Crippen molar-refractivity contribution >= 4 is 12.0 Å². The topological polar surface area (TPSA) is 72.9 Å². The summed E-state index contributed by atoms with van der Waals surface area (Å²) >= 11 is 0. The van der Waals surface area contributed by atoms with E-state index in [4.69, 9.17) is 5.11 Å². The minimum absolute atomic E-state index is 0.229. The van der Waals surface area contributed by atoms with Crippen molar-refractivity contribution in [2.45, 2.75) is 31.7 Å². The lowest BCUT2D eigenvalue weighted by Crippen LogP contribution is -2.63. The van der Waals surface area contributed by atoms with Gasteiger partial charge in [-0.1, -0.05) is 6.92 Å². The highest BCUT2D eigenvalue weighted by Gasteiger charge is 2.46. The molecule has 1 aliphatic heterocycles. The first-order chi connectivity index (χ1) is 8.57. The Morgan fingerprint density at radius 1 is 1.22 bits per heavy atom. The quantitative estimate of drug-likeness (QED) is 0.763. The van der Waals surface area contributed by atoms with Crippen LogP contribution in [0.3, 0.4) is 0 Å². The van der Waals surface area contributed by atoms with Crippen LogP contribution in [0.4, 0.5) is 4.79 Å². The van der Waals surface area contributed by atoms with Crippen molar-refractivity contribution in [1.82, 2.24) is 15.1 Å². The molecule has 1 aliphatic carbocycles. The summed E-state index contributed by atoms with van der Waals surface area (Å²) in [5, 5.41) is 11.9. The molecule has 18 heavy (non-hydrogen) atoms. The fraction of sp³-hybridized carbons (Fsp3) is 0.833. The van der Waals surface area contributed by atoms with E-state index >= 15 is 0 Å². The first-order valence-electron chi connectivity index (χ1n) is 6.60. The maximum atomic E-state index is 12.0. The number of likely N-dealkylation sites (N-methyl/N-ethyl adjacent to an activating group) is 1. The molecule has 1 heterocycles. The van der Waals surface area contributed by atoms with E-state index in [9.17, 15) is 9.59 Å². The predicted molar refractivity (Wildman–Crippen MR) is 66.4 cm³/mol. The number of aliphatic carboxylic acids is 1. The van der Waals surface area contributed by atoms with Gasteiger partial charge in [-0.15, -0.1) is 0 Å². The van der Waals surface area contributed by atoms with Gasteiger partial charge >= 0.3 is 12.0 Å². The summed E-state index contributed by atoms with van der Waals surface area (Å²) < 4.78 is 0. The van der Waals surface area contributed by atoms with Gasteiger partial charge in [0.2, 0.25) is 0 Å². The molecule has 0 unspecified atom stereocenters. The van der Waals surface area contributed by atoms with Crippen molar-refractivity contribution in [1.29, 1.82) is 0 Å². The van der Waals surface area contributed by atoms with Crippen LogP contribution < -0.4 is 5.32 Å². The monoisotopic (exact) mass is 255 g/mol. The van der Waals surface area contributed by atoms with Crippen molar-refractivity contribution in [2.75, 3.05) is 32.7 Å². The van der Waals surface area contributed by atoms with E-state index < -0.39 is 11.5 Å². The fourth-order valence-corrected chi connectivity index (χ4v) is 2.47. The van der Waals surface area contributed by atoms with Crippen LogP contribution in [-0.2, 0) is 4.79 Å². The number of carbonyl (C=O) groups is 2. The molecular weight excluding hydrogens is 234 g/mol. The molecule has 102 valence electrons. The van der Waals surface area contributed by atoms with Gasteiger partial charge in [0.05, 0.1) is 0 Å². The molecule has 2 aliphatic rings. The first-order valence-corrected chi connectivity index (χ1v) is 6.60. The zero-order valence-corrected chi connectivity index (χ0v) is 10.8. The van der Waals surface area contributed by atoms with E-state index in [1.54, 1.807) is 4.90 Å². The van der Waals surface area contributed by atoms with Crippen LogP contribution in [0.2, 0.25) is 0 Å². The minimum Gasteiger partial charge on any atom is -0.480 e. The standard InChI is InChI=1S/C12H21N3O3/c1-2-14-6-8-15(9-7-14)11(18)13-12(10(16)17)4-3-5-12/h2-9H2,1H3,(H,13,18)(H,16,17). The molecule has 6 nitrogen and oxygen atoms in total. The molecule has 0 aromatic rings. The van der Waals surface area contributed by atoms with Crippen LogP contribution in [0.1, 0.15) is 26.2 Å². The molecule has 0 radical (unpaired) electrons. The second kappa shape index (κ2) is 5.14.